The van der Waals surface area contributed by atoms with E-state index in [1.54, 1.807) is 18.2 Å². The molecule has 0 saturated carbocycles. The molecule has 0 aromatic heterocycles. The van der Waals surface area contributed by atoms with Crippen LogP contribution in [0.3, 0.4) is 0 Å². The standard InChI is InChI=1S/C11H12Cl2O/c1-3-10(13)11(14)9-5-4-8(12)6-7(9)2/h4-6,10H,3H2,1-2H3. The SMILES string of the molecule is CCC(Cl)C(=O)c1ccc(Cl)cc1C. The zero-order chi connectivity index (χ0) is 10.7. The molecule has 0 aliphatic carbocycles. The maximum absolute atomic E-state index is 11.7. The number of ketones is 1. The number of halogens is 2. The number of hydrogen-bond acceptors (Lipinski definition) is 1. The number of carbonyl (C=O) groups is 1. The van der Waals surface area contributed by atoms with Crippen molar-refractivity contribution < 1.29 is 4.79 Å². The molecule has 0 N–H and O–H groups in total. The van der Waals surface area contributed by atoms with Gasteiger partial charge in [-0.15, -0.1) is 11.6 Å². The van der Waals surface area contributed by atoms with Crippen LogP contribution in [0.4, 0.5) is 0 Å². The highest BCUT2D eigenvalue weighted by atomic mass is 35.5. The number of hydrogen-bond donors (Lipinski definition) is 0. The van der Waals surface area contributed by atoms with E-state index in [2.05, 4.69) is 0 Å². The molecule has 1 nitrogen and oxygen atoms in total. The Morgan fingerprint density at radius 1 is 1.50 bits per heavy atom. The molecule has 14 heavy (non-hydrogen) atoms. The monoisotopic (exact) mass is 230 g/mol. The topological polar surface area (TPSA) is 17.1 Å². The molecule has 0 heterocycles. The second-order valence-electron chi connectivity index (χ2n) is 3.20. The predicted octanol–water partition coefficient (Wildman–Crippen LogP) is 3.85. The molecule has 3 heteroatoms. The Bertz CT molecular complexity index is 347. The van der Waals surface area contributed by atoms with Crippen LogP contribution >= 0.6 is 23.2 Å². The van der Waals surface area contributed by atoms with Crippen LogP contribution in [0.15, 0.2) is 18.2 Å². The van der Waals surface area contributed by atoms with Crippen LogP contribution in [0.1, 0.15) is 29.3 Å². The molecule has 76 valence electrons. The minimum Gasteiger partial charge on any atom is -0.292 e. The van der Waals surface area contributed by atoms with Gasteiger partial charge in [-0.25, -0.2) is 0 Å². The fourth-order valence-electron chi connectivity index (χ4n) is 1.26. The highest BCUT2D eigenvalue weighted by molar-refractivity contribution is 6.34. The second-order valence-corrected chi connectivity index (χ2v) is 4.16. The molecule has 0 fully saturated rings. The minimum absolute atomic E-state index is 0.0247. The third-order valence-corrected chi connectivity index (χ3v) is 2.84. The van der Waals surface area contributed by atoms with Crippen molar-refractivity contribution in [2.24, 2.45) is 0 Å². The number of Topliss-reactive ketones (excluding diaryl/α,β-unsaturated/α-hetero) is 1. The first-order valence-corrected chi connectivity index (χ1v) is 5.32. The highest BCUT2D eigenvalue weighted by Crippen LogP contribution is 2.19. The Hall–Kier alpha value is -0.530. The van der Waals surface area contributed by atoms with Crippen LogP contribution in [-0.2, 0) is 0 Å². The number of carbonyl (C=O) groups excluding carboxylic acids is 1. The van der Waals surface area contributed by atoms with Gasteiger partial charge in [0.1, 0.15) is 0 Å². The van der Waals surface area contributed by atoms with E-state index in [1.165, 1.54) is 0 Å². The number of alkyl halides is 1. The first-order chi connectivity index (χ1) is 6.56. The summed E-state index contributed by atoms with van der Waals surface area (Å²) in [6.07, 6.45) is 0.641. The number of aryl methyl sites for hydroxylation is 1. The summed E-state index contributed by atoms with van der Waals surface area (Å²) in [6, 6.07) is 5.21. The van der Waals surface area contributed by atoms with Crippen molar-refractivity contribution in [3.63, 3.8) is 0 Å². The van der Waals surface area contributed by atoms with Crippen molar-refractivity contribution in [1.29, 1.82) is 0 Å². The quantitative estimate of drug-likeness (QED) is 0.570. The summed E-state index contributed by atoms with van der Waals surface area (Å²) in [5, 5.41) is 0.205. The first-order valence-electron chi connectivity index (χ1n) is 4.50. The second kappa shape index (κ2) is 4.81. The van der Waals surface area contributed by atoms with Crippen molar-refractivity contribution in [2.45, 2.75) is 25.6 Å². The van der Waals surface area contributed by atoms with E-state index in [-0.39, 0.29) is 5.78 Å². The Morgan fingerprint density at radius 3 is 2.64 bits per heavy atom. The molecule has 1 aromatic carbocycles. The van der Waals surface area contributed by atoms with Crippen LogP contribution < -0.4 is 0 Å². The van der Waals surface area contributed by atoms with Crippen molar-refractivity contribution in [1.82, 2.24) is 0 Å². The molecule has 0 aliphatic rings. The van der Waals surface area contributed by atoms with Crippen LogP contribution in [0.5, 0.6) is 0 Å². The average molecular weight is 231 g/mol. The van der Waals surface area contributed by atoms with Crippen LogP contribution in [0, 0.1) is 6.92 Å². The van der Waals surface area contributed by atoms with Gasteiger partial charge in [0, 0.05) is 10.6 Å². The highest BCUT2D eigenvalue weighted by Gasteiger charge is 2.16. The zero-order valence-electron chi connectivity index (χ0n) is 8.18. The molecule has 1 aromatic rings. The minimum atomic E-state index is -0.435. The lowest BCUT2D eigenvalue weighted by Crippen LogP contribution is -2.14. The van der Waals surface area contributed by atoms with Crippen molar-refractivity contribution in [3.8, 4) is 0 Å². The van der Waals surface area contributed by atoms with E-state index in [0.717, 1.165) is 5.56 Å². The van der Waals surface area contributed by atoms with Gasteiger partial charge in [0.05, 0.1) is 5.38 Å². The van der Waals surface area contributed by atoms with Gasteiger partial charge >= 0.3 is 0 Å². The molecule has 0 spiro atoms. The molecule has 1 atom stereocenters. The molecule has 1 unspecified atom stereocenters. The summed E-state index contributed by atoms with van der Waals surface area (Å²) in [7, 11) is 0. The summed E-state index contributed by atoms with van der Waals surface area (Å²) < 4.78 is 0. The fourth-order valence-corrected chi connectivity index (χ4v) is 1.60. The third-order valence-electron chi connectivity index (χ3n) is 2.10. The number of benzene rings is 1. The van der Waals surface area contributed by atoms with Crippen LogP contribution in [-0.4, -0.2) is 11.2 Å². The van der Waals surface area contributed by atoms with Crippen molar-refractivity contribution in [3.05, 3.63) is 34.3 Å². The lowest BCUT2D eigenvalue weighted by molar-refractivity contribution is 0.0985. The molecular formula is C11H12Cl2O. The zero-order valence-corrected chi connectivity index (χ0v) is 9.69. The maximum atomic E-state index is 11.7. The molecule has 0 amide bonds. The van der Waals surface area contributed by atoms with Gasteiger partial charge in [-0.05, 0) is 37.1 Å². The maximum Gasteiger partial charge on any atom is 0.180 e. The molecule has 0 bridgehead atoms. The third kappa shape index (κ3) is 2.49. The van der Waals surface area contributed by atoms with E-state index < -0.39 is 5.38 Å². The molecular weight excluding hydrogens is 219 g/mol. The summed E-state index contributed by atoms with van der Waals surface area (Å²) >= 11 is 11.7. The first kappa shape index (κ1) is 11.5. The van der Waals surface area contributed by atoms with E-state index in [1.807, 2.05) is 13.8 Å². The smallest absolute Gasteiger partial charge is 0.180 e. The predicted molar refractivity (Wildman–Crippen MR) is 60.5 cm³/mol. The van der Waals surface area contributed by atoms with Gasteiger partial charge in [-0.2, -0.15) is 0 Å². The van der Waals surface area contributed by atoms with Crippen molar-refractivity contribution in [2.75, 3.05) is 0 Å². The molecule has 1 rings (SSSR count). The Kier molecular flexibility index (Phi) is 3.97. The molecule has 0 radical (unpaired) electrons. The van der Waals surface area contributed by atoms with Crippen LogP contribution in [0.2, 0.25) is 5.02 Å². The Balaban J connectivity index is 3.02. The fraction of sp³-hybridized carbons (Fsp3) is 0.364. The average Bonchev–Trinajstić information content (AvgIpc) is 2.15. The van der Waals surface area contributed by atoms with Gasteiger partial charge in [0.2, 0.25) is 0 Å². The van der Waals surface area contributed by atoms with Crippen molar-refractivity contribution >= 4 is 29.0 Å². The van der Waals surface area contributed by atoms with Gasteiger partial charge in [0.15, 0.2) is 5.78 Å². The van der Waals surface area contributed by atoms with Gasteiger partial charge in [-0.3, -0.25) is 4.79 Å². The van der Waals surface area contributed by atoms with Gasteiger partial charge in [-0.1, -0.05) is 18.5 Å². The van der Waals surface area contributed by atoms with Crippen LogP contribution in [0.25, 0.3) is 0 Å². The van der Waals surface area contributed by atoms with Gasteiger partial charge < -0.3 is 0 Å². The summed E-state index contributed by atoms with van der Waals surface area (Å²) in [4.78, 5) is 11.7. The summed E-state index contributed by atoms with van der Waals surface area (Å²) in [5.41, 5.74) is 1.54. The van der Waals surface area contributed by atoms with Gasteiger partial charge in [0.25, 0.3) is 0 Å². The normalized spacial score (nSPS) is 12.6. The summed E-state index contributed by atoms with van der Waals surface area (Å²) in [6.45, 7) is 3.75. The number of rotatable bonds is 3. The lowest BCUT2D eigenvalue weighted by Gasteiger charge is -2.08. The van der Waals surface area contributed by atoms with E-state index in [0.29, 0.717) is 17.0 Å². The largest absolute Gasteiger partial charge is 0.292 e. The van der Waals surface area contributed by atoms with E-state index >= 15 is 0 Å². The Morgan fingerprint density at radius 2 is 2.14 bits per heavy atom. The summed E-state index contributed by atoms with van der Waals surface area (Å²) in [5.74, 6) is -0.0247. The molecule has 0 aliphatic heterocycles. The Labute approximate surface area is 94.0 Å². The lowest BCUT2D eigenvalue weighted by atomic mass is 10.0. The van der Waals surface area contributed by atoms with E-state index in [4.69, 9.17) is 23.2 Å². The molecule has 0 saturated heterocycles. The van der Waals surface area contributed by atoms with E-state index in [9.17, 15) is 4.79 Å².